The average Bonchev–Trinajstić information content (AvgIpc) is 2.61. The fraction of sp³-hybridized carbons (Fsp3) is 0.750. The van der Waals surface area contributed by atoms with Crippen molar-refractivity contribution in [2.24, 2.45) is 5.92 Å². The molecule has 24 heavy (non-hydrogen) atoms. The Labute approximate surface area is 140 Å². The van der Waals surface area contributed by atoms with Gasteiger partial charge in [-0.1, -0.05) is 19.3 Å². The van der Waals surface area contributed by atoms with Crippen LogP contribution >= 0.6 is 0 Å². The van der Waals surface area contributed by atoms with Gasteiger partial charge >= 0.3 is 23.9 Å². The molecule has 0 aromatic heterocycles. The lowest BCUT2D eigenvalue weighted by Crippen LogP contribution is -2.49. The molecule has 1 saturated carbocycles. The van der Waals surface area contributed by atoms with Crippen LogP contribution in [0, 0.1) is 5.92 Å². The van der Waals surface area contributed by atoms with E-state index in [1.807, 2.05) is 0 Å². The van der Waals surface area contributed by atoms with Crippen molar-refractivity contribution < 1.29 is 38.1 Å². The maximum atomic E-state index is 12.4. The van der Waals surface area contributed by atoms with Crippen molar-refractivity contribution in [1.29, 1.82) is 0 Å². The summed E-state index contributed by atoms with van der Waals surface area (Å²) in [5.41, 5.74) is -2.08. The molecule has 0 N–H and O–H groups in total. The van der Waals surface area contributed by atoms with E-state index < -0.39 is 42.3 Å². The van der Waals surface area contributed by atoms with E-state index in [0.717, 1.165) is 40.6 Å². The number of carbonyl (C=O) groups excluding carboxylic acids is 4. The first-order valence-electron chi connectivity index (χ1n) is 7.83. The van der Waals surface area contributed by atoms with Crippen molar-refractivity contribution in [2.75, 3.05) is 21.3 Å². The molecule has 1 aliphatic rings. The van der Waals surface area contributed by atoms with Crippen molar-refractivity contribution in [3.63, 3.8) is 0 Å². The van der Waals surface area contributed by atoms with Crippen molar-refractivity contribution in [2.45, 2.75) is 50.5 Å². The third-order valence-electron chi connectivity index (χ3n) is 4.11. The van der Waals surface area contributed by atoms with E-state index in [4.69, 9.17) is 4.74 Å². The summed E-state index contributed by atoms with van der Waals surface area (Å²) in [4.78, 5) is 48.1. The molecule has 1 aliphatic carbocycles. The lowest BCUT2D eigenvalue weighted by Gasteiger charge is -2.31. The Hall–Kier alpha value is -2.12. The lowest BCUT2D eigenvalue weighted by molar-refractivity contribution is -0.191. The molecule has 0 aromatic rings. The van der Waals surface area contributed by atoms with Gasteiger partial charge in [0.2, 0.25) is 5.60 Å². The maximum absolute atomic E-state index is 12.4. The molecule has 0 saturated heterocycles. The highest BCUT2D eigenvalue weighted by Gasteiger charge is 2.49. The van der Waals surface area contributed by atoms with Crippen molar-refractivity contribution in [3.8, 4) is 0 Å². The zero-order valence-corrected chi connectivity index (χ0v) is 14.3. The Morgan fingerprint density at radius 2 is 1.33 bits per heavy atom. The van der Waals surface area contributed by atoms with E-state index in [-0.39, 0.29) is 5.92 Å². The van der Waals surface area contributed by atoms with Gasteiger partial charge in [-0.25, -0.2) is 4.79 Å². The van der Waals surface area contributed by atoms with Crippen molar-refractivity contribution >= 4 is 23.9 Å². The van der Waals surface area contributed by atoms with Crippen LogP contribution in [0.15, 0.2) is 0 Å². The van der Waals surface area contributed by atoms with Gasteiger partial charge in [0.05, 0.1) is 40.1 Å². The highest BCUT2D eigenvalue weighted by molar-refractivity contribution is 5.92. The molecule has 0 spiro atoms. The monoisotopic (exact) mass is 344 g/mol. The Morgan fingerprint density at radius 1 is 0.833 bits per heavy atom. The summed E-state index contributed by atoms with van der Waals surface area (Å²) < 4.78 is 19.1. The molecule has 1 rings (SSSR count). The molecule has 0 radical (unpaired) electrons. The Bertz CT molecular complexity index is 460. The van der Waals surface area contributed by atoms with Crippen LogP contribution in [0.1, 0.15) is 44.9 Å². The van der Waals surface area contributed by atoms with E-state index in [1.165, 1.54) is 0 Å². The Kier molecular flexibility index (Phi) is 7.67. The molecule has 0 bridgehead atoms. The molecule has 0 heterocycles. The number of hydrogen-bond donors (Lipinski definition) is 0. The number of ether oxygens (including phenoxy) is 4. The summed E-state index contributed by atoms with van der Waals surface area (Å²) in [6.07, 6.45) is 2.86. The third-order valence-corrected chi connectivity index (χ3v) is 4.11. The van der Waals surface area contributed by atoms with E-state index in [1.54, 1.807) is 0 Å². The summed E-state index contributed by atoms with van der Waals surface area (Å²) >= 11 is 0. The molecule has 0 unspecified atom stereocenters. The second-order valence-corrected chi connectivity index (χ2v) is 5.75. The predicted octanol–water partition coefficient (Wildman–Crippen LogP) is 1.15. The van der Waals surface area contributed by atoms with Crippen LogP contribution in [0.25, 0.3) is 0 Å². The highest BCUT2D eigenvalue weighted by Crippen LogP contribution is 2.30. The summed E-state index contributed by atoms with van der Waals surface area (Å²) in [7, 11) is 3.34. The molecule has 1 fully saturated rings. The molecule has 0 amide bonds. The van der Waals surface area contributed by atoms with Gasteiger partial charge in [-0.05, 0) is 12.8 Å². The van der Waals surface area contributed by atoms with Gasteiger partial charge in [-0.3, -0.25) is 14.4 Å². The molecule has 136 valence electrons. The van der Waals surface area contributed by atoms with Crippen LogP contribution in [0.2, 0.25) is 0 Å². The molecular formula is C16H24O8. The highest BCUT2D eigenvalue weighted by atomic mass is 16.6. The molecule has 0 aromatic carbocycles. The molecule has 0 atom stereocenters. The lowest BCUT2D eigenvalue weighted by atomic mass is 9.88. The minimum absolute atomic E-state index is 0.363. The summed E-state index contributed by atoms with van der Waals surface area (Å²) in [6.45, 7) is 0. The van der Waals surface area contributed by atoms with E-state index in [9.17, 15) is 19.2 Å². The summed E-state index contributed by atoms with van der Waals surface area (Å²) in [5, 5.41) is 0. The molecule has 8 heteroatoms. The van der Waals surface area contributed by atoms with E-state index in [0.29, 0.717) is 12.8 Å². The minimum Gasteiger partial charge on any atom is -0.469 e. The van der Waals surface area contributed by atoms with E-state index in [2.05, 4.69) is 14.2 Å². The van der Waals surface area contributed by atoms with Crippen LogP contribution in [-0.2, 0) is 38.1 Å². The smallest absolute Gasteiger partial charge is 0.351 e. The van der Waals surface area contributed by atoms with Gasteiger partial charge in [0.1, 0.15) is 0 Å². The number of methoxy groups -OCH3 is 3. The van der Waals surface area contributed by atoms with Gasteiger partial charge in [0.15, 0.2) is 0 Å². The first-order valence-corrected chi connectivity index (χ1v) is 7.83. The normalized spacial score (nSPS) is 15.3. The molecular weight excluding hydrogens is 320 g/mol. The molecule has 0 aliphatic heterocycles. The fourth-order valence-corrected chi connectivity index (χ4v) is 2.73. The largest absolute Gasteiger partial charge is 0.469 e. The second kappa shape index (κ2) is 9.24. The zero-order chi connectivity index (χ0) is 18.2. The first-order chi connectivity index (χ1) is 11.4. The number of rotatable bonds is 7. The minimum atomic E-state index is -2.08. The summed E-state index contributed by atoms with van der Waals surface area (Å²) in [6, 6.07) is 0. The van der Waals surface area contributed by atoms with Crippen molar-refractivity contribution in [1.82, 2.24) is 0 Å². The van der Waals surface area contributed by atoms with Crippen LogP contribution in [0.5, 0.6) is 0 Å². The van der Waals surface area contributed by atoms with Crippen LogP contribution < -0.4 is 0 Å². The Balaban J connectivity index is 3.06. The van der Waals surface area contributed by atoms with E-state index >= 15 is 0 Å². The standard InChI is InChI=1S/C16H24O8/c1-21-12(17)9-16(15(20)23-3,10-13(18)22-2)24-14(19)11-7-5-4-6-8-11/h11H,4-10H2,1-3H3. The SMILES string of the molecule is COC(=O)CC(CC(=O)OC)(OC(=O)C1CCCCC1)C(=O)OC. The van der Waals surface area contributed by atoms with Crippen LogP contribution in [0.3, 0.4) is 0 Å². The second-order valence-electron chi connectivity index (χ2n) is 5.75. The number of carbonyl (C=O) groups is 4. The number of hydrogen-bond acceptors (Lipinski definition) is 8. The maximum Gasteiger partial charge on any atom is 0.351 e. The Morgan fingerprint density at radius 3 is 1.75 bits per heavy atom. The van der Waals surface area contributed by atoms with Crippen LogP contribution in [-0.4, -0.2) is 50.8 Å². The average molecular weight is 344 g/mol. The third kappa shape index (κ3) is 5.21. The first kappa shape index (κ1) is 19.9. The van der Waals surface area contributed by atoms with Gasteiger partial charge in [-0.15, -0.1) is 0 Å². The van der Waals surface area contributed by atoms with Gasteiger partial charge in [-0.2, -0.15) is 0 Å². The van der Waals surface area contributed by atoms with Gasteiger partial charge in [0.25, 0.3) is 0 Å². The molecule has 8 nitrogen and oxygen atoms in total. The number of esters is 4. The quantitative estimate of drug-likeness (QED) is 0.500. The van der Waals surface area contributed by atoms with Gasteiger partial charge in [0, 0.05) is 0 Å². The zero-order valence-electron chi connectivity index (χ0n) is 14.3. The van der Waals surface area contributed by atoms with Crippen molar-refractivity contribution in [3.05, 3.63) is 0 Å². The van der Waals surface area contributed by atoms with Crippen LogP contribution in [0.4, 0.5) is 0 Å². The fourth-order valence-electron chi connectivity index (χ4n) is 2.73. The van der Waals surface area contributed by atoms with Gasteiger partial charge < -0.3 is 18.9 Å². The topological polar surface area (TPSA) is 105 Å². The predicted molar refractivity (Wildman–Crippen MR) is 80.7 cm³/mol. The summed E-state index contributed by atoms with van der Waals surface area (Å²) in [5.74, 6) is -3.59.